The molecule has 1 aromatic carbocycles. The largest absolute Gasteiger partial charge is 0.497 e. The van der Waals surface area contributed by atoms with Gasteiger partial charge in [-0.15, -0.1) is 12.4 Å². The van der Waals surface area contributed by atoms with Crippen molar-refractivity contribution in [3.05, 3.63) is 23.8 Å². The lowest BCUT2D eigenvalue weighted by atomic mass is 9.92. The fourth-order valence-corrected chi connectivity index (χ4v) is 3.65. The van der Waals surface area contributed by atoms with Gasteiger partial charge < -0.3 is 25.4 Å². The van der Waals surface area contributed by atoms with Crippen LogP contribution >= 0.6 is 12.4 Å². The summed E-state index contributed by atoms with van der Waals surface area (Å²) in [4.78, 5) is 27.0. The number of nitrogens with zero attached hydrogens (tertiary/aromatic N) is 1. The van der Waals surface area contributed by atoms with E-state index >= 15 is 0 Å². The van der Waals surface area contributed by atoms with E-state index in [1.165, 1.54) is 0 Å². The molecule has 2 atom stereocenters. The van der Waals surface area contributed by atoms with Gasteiger partial charge in [-0.3, -0.25) is 9.59 Å². The number of ether oxygens (including phenoxy) is 2. The normalized spacial score (nSPS) is 21.3. The molecular weight excluding hydrogens is 370 g/mol. The monoisotopic (exact) mass is 397 g/mol. The van der Waals surface area contributed by atoms with Crippen LogP contribution in [-0.4, -0.2) is 56.6 Å². The van der Waals surface area contributed by atoms with Crippen LogP contribution in [-0.2, 0) is 16.0 Å². The van der Waals surface area contributed by atoms with E-state index in [1.807, 2.05) is 23.1 Å². The Morgan fingerprint density at radius 2 is 2.19 bits per heavy atom. The standard InChI is InChI=1S/C19H27N3O4.ClH/c1-25-16-4-5-17-14(10-16)9-15(12-26-17)19(24)22-8-2-3-13(11-22)18(23)21-7-6-20;/h4-5,10,13,15H,2-3,6-9,11-12,20H2,1H3,(H,21,23);1H. The van der Waals surface area contributed by atoms with Gasteiger partial charge in [-0.2, -0.15) is 0 Å². The summed E-state index contributed by atoms with van der Waals surface area (Å²) in [6.07, 6.45) is 2.28. The number of carbonyl (C=O) groups excluding carboxylic acids is 2. The van der Waals surface area contributed by atoms with Gasteiger partial charge in [0, 0.05) is 26.2 Å². The lowest BCUT2D eigenvalue weighted by Crippen LogP contribution is -2.49. The smallest absolute Gasteiger partial charge is 0.229 e. The number of methoxy groups -OCH3 is 1. The number of benzene rings is 1. The minimum Gasteiger partial charge on any atom is -0.497 e. The molecule has 1 aromatic rings. The highest BCUT2D eigenvalue weighted by molar-refractivity contribution is 5.85. The van der Waals surface area contributed by atoms with Crippen LogP contribution in [0.1, 0.15) is 18.4 Å². The Balaban J connectivity index is 0.00000261. The lowest BCUT2D eigenvalue weighted by Gasteiger charge is -2.35. The summed E-state index contributed by atoms with van der Waals surface area (Å²) in [6, 6.07) is 5.66. The number of rotatable bonds is 5. The van der Waals surface area contributed by atoms with E-state index < -0.39 is 0 Å². The first-order valence-corrected chi connectivity index (χ1v) is 9.18. The average Bonchev–Trinajstić information content (AvgIpc) is 2.70. The number of nitrogens with two attached hydrogens (primary N) is 1. The van der Waals surface area contributed by atoms with E-state index in [9.17, 15) is 9.59 Å². The first-order chi connectivity index (χ1) is 12.6. The molecule has 2 heterocycles. The van der Waals surface area contributed by atoms with Gasteiger partial charge >= 0.3 is 0 Å². The van der Waals surface area contributed by atoms with Crippen molar-refractivity contribution in [3.8, 4) is 11.5 Å². The topological polar surface area (TPSA) is 93.9 Å². The Morgan fingerprint density at radius 1 is 1.37 bits per heavy atom. The van der Waals surface area contributed by atoms with E-state index in [4.69, 9.17) is 15.2 Å². The number of carbonyl (C=O) groups is 2. The second-order valence-corrected chi connectivity index (χ2v) is 6.89. The second-order valence-electron chi connectivity index (χ2n) is 6.89. The zero-order valence-corrected chi connectivity index (χ0v) is 16.4. The zero-order chi connectivity index (χ0) is 18.5. The molecule has 3 N–H and O–H groups in total. The maximum Gasteiger partial charge on any atom is 0.229 e. The summed E-state index contributed by atoms with van der Waals surface area (Å²) in [5.41, 5.74) is 6.43. The molecule has 0 bridgehead atoms. The fraction of sp³-hybridized carbons (Fsp3) is 0.579. The molecule has 2 unspecified atom stereocenters. The molecule has 3 rings (SSSR count). The van der Waals surface area contributed by atoms with Crippen LogP contribution < -0.4 is 20.5 Å². The van der Waals surface area contributed by atoms with Crippen molar-refractivity contribution in [2.45, 2.75) is 19.3 Å². The third-order valence-corrected chi connectivity index (χ3v) is 5.07. The van der Waals surface area contributed by atoms with Crippen LogP contribution in [0.15, 0.2) is 18.2 Å². The Hall–Kier alpha value is -1.99. The molecule has 0 saturated carbocycles. The number of halogens is 1. The van der Waals surface area contributed by atoms with Gasteiger partial charge in [0.05, 0.1) is 18.9 Å². The Labute approximate surface area is 166 Å². The van der Waals surface area contributed by atoms with Crippen molar-refractivity contribution in [3.63, 3.8) is 0 Å². The van der Waals surface area contributed by atoms with Gasteiger partial charge in [-0.05, 0) is 43.0 Å². The van der Waals surface area contributed by atoms with Gasteiger partial charge in [0.15, 0.2) is 0 Å². The SMILES string of the molecule is COc1ccc2c(c1)CC(C(=O)N1CCCC(C(=O)NCCN)C1)CO2.Cl. The van der Waals surface area contributed by atoms with Crippen molar-refractivity contribution >= 4 is 24.2 Å². The minimum atomic E-state index is -0.222. The number of likely N-dealkylation sites (tertiary alicyclic amines) is 1. The Kier molecular flexibility index (Phi) is 7.74. The Morgan fingerprint density at radius 3 is 2.93 bits per heavy atom. The van der Waals surface area contributed by atoms with Gasteiger partial charge in [-0.25, -0.2) is 0 Å². The average molecular weight is 398 g/mol. The van der Waals surface area contributed by atoms with Crippen LogP contribution in [0.3, 0.4) is 0 Å². The van der Waals surface area contributed by atoms with Crippen LogP contribution in [0.25, 0.3) is 0 Å². The summed E-state index contributed by atoms with van der Waals surface area (Å²) >= 11 is 0. The number of hydrogen-bond acceptors (Lipinski definition) is 5. The van der Waals surface area contributed by atoms with Crippen molar-refractivity contribution in [2.75, 3.05) is 39.9 Å². The molecule has 7 nitrogen and oxygen atoms in total. The highest BCUT2D eigenvalue weighted by Gasteiger charge is 2.34. The molecule has 150 valence electrons. The van der Waals surface area contributed by atoms with Gasteiger partial charge in [-0.1, -0.05) is 0 Å². The molecule has 1 fully saturated rings. The number of hydrogen-bond donors (Lipinski definition) is 2. The zero-order valence-electron chi connectivity index (χ0n) is 15.6. The van der Waals surface area contributed by atoms with Crippen LogP contribution in [0, 0.1) is 11.8 Å². The third-order valence-electron chi connectivity index (χ3n) is 5.07. The highest BCUT2D eigenvalue weighted by atomic mass is 35.5. The molecule has 1 saturated heterocycles. The van der Waals surface area contributed by atoms with Gasteiger partial charge in [0.1, 0.15) is 18.1 Å². The minimum absolute atomic E-state index is 0. The summed E-state index contributed by atoms with van der Waals surface area (Å²) in [7, 11) is 1.62. The molecule has 0 radical (unpaired) electrons. The van der Waals surface area contributed by atoms with Gasteiger partial charge in [0.25, 0.3) is 0 Å². The van der Waals surface area contributed by atoms with E-state index in [2.05, 4.69) is 5.32 Å². The second kappa shape index (κ2) is 9.80. The first kappa shape index (κ1) is 21.3. The molecule has 0 spiro atoms. The van der Waals surface area contributed by atoms with Crippen LogP contribution in [0.4, 0.5) is 0 Å². The molecule has 0 aliphatic carbocycles. The van der Waals surface area contributed by atoms with Crippen LogP contribution in [0.5, 0.6) is 11.5 Å². The fourth-order valence-electron chi connectivity index (χ4n) is 3.65. The maximum atomic E-state index is 13.0. The van der Waals surface area contributed by atoms with E-state index in [1.54, 1.807) is 7.11 Å². The van der Waals surface area contributed by atoms with Crippen molar-refractivity contribution in [2.24, 2.45) is 17.6 Å². The van der Waals surface area contributed by atoms with E-state index in [0.29, 0.717) is 39.2 Å². The van der Waals surface area contributed by atoms with Gasteiger partial charge in [0.2, 0.25) is 11.8 Å². The molecular formula is C19H28ClN3O4. The van der Waals surface area contributed by atoms with Crippen molar-refractivity contribution in [1.29, 1.82) is 0 Å². The summed E-state index contributed by atoms with van der Waals surface area (Å²) in [5, 5.41) is 2.83. The van der Waals surface area contributed by atoms with E-state index in [0.717, 1.165) is 29.9 Å². The molecule has 0 aromatic heterocycles. The number of piperidine rings is 1. The predicted molar refractivity (Wildman–Crippen MR) is 104 cm³/mol. The number of fused-ring (bicyclic) bond motifs is 1. The highest BCUT2D eigenvalue weighted by Crippen LogP contribution is 2.32. The summed E-state index contributed by atoms with van der Waals surface area (Å²) in [5.74, 6) is 1.25. The summed E-state index contributed by atoms with van der Waals surface area (Å²) < 4.78 is 11.0. The molecule has 2 amide bonds. The predicted octanol–water partition coefficient (Wildman–Crippen LogP) is 0.982. The van der Waals surface area contributed by atoms with Crippen molar-refractivity contribution < 1.29 is 19.1 Å². The Bertz CT molecular complexity index is 670. The number of amides is 2. The van der Waals surface area contributed by atoms with Crippen LogP contribution in [0.2, 0.25) is 0 Å². The molecule has 2 aliphatic heterocycles. The van der Waals surface area contributed by atoms with E-state index in [-0.39, 0.29) is 36.1 Å². The third kappa shape index (κ3) is 5.05. The van der Waals surface area contributed by atoms with Crippen molar-refractivity contribution in [1.82, 2.24) is 10.2 Å². The number of nitrogens with one attached hydrogen (secondary N) is 1. The quantitative estimate of drug-likeness (QED) is 0.772. The maximum absolute atomic E-state index is 13.0. The molecule has 8 heteroatoms. The molecule has 27 heavy (non-hydrogen) atoms. The summed E-state index contributed by atoms with van der Waals surface area (Å²) in [6.45, 7) is 2.43. The first-order valence-electron chi connectivity index (χ1n) is 9.18. The lowest BCUT2D eigenvalue weighted by molar-refractivity contribution is -0.140. The molecule has 2 aliphatic rings.